The zero-order valence-corrected chi connectivity index (χ0v) is 18.5. The van der Waals surface area contributed by atoms with Gasteiger partial charge in [-0.3, -0.25) is 9.48 Å². The van der Waals surface area contributed by atoms with E-state index >= 15 is 0 Å². The van der Waals surface area contributed by atoms with Crippen LogP contribution in [0.2, 0.25) is 0 Å². The molecule has 0 aliphatic carbocycles. The first-order chi connectivity index (χ1) is 15.5. The van der Waals surface area contributed by atoms with Gasteiger partial charge >= 0.3 is 0 Å². The van der Waals surface area contributed by atoms with E-state index in [1.807, 2.05) is 50.1 Å². The molecule has 32 heavy (non-hydrogen) atoms. The average molecular weight is 448 g/mol. The van der Waals surface area contributed by atoms with Crippen molar-refractivity contribution in [3.05, 3.63) is 58.2 Å². The van der Waals surface area contributed by atoms with E-state index < -0.39 is 0 Å². The minimum absolute atomic E-state index is 0.0684. The minimum Gasteiger partial charge on any atom is -0.490 e. The van der Waals surface area contributed by atoms with Crippen LogP contribution >= 0.6 is 11.3 Å². The lowest BCUT2D eigenvalue weighted by molar-refractivity contribution is 0.0709. The highest BCUT2D eigenvalue weighted by atomic mass is 32.1. The summed E-state index contributed by atoms with van der Waals surface area (Å²) < 4.78 is 13.3. The number of carbonyl (C=O) groups is 1. The Hall–Kier alpha value is -3.43. The second-order valence-electron chi connectivity index (χ2n) is 8.17. The Labute approximate surface area is 188 Å². The number of amides is 1. The number of aromatic nitrogens is 3. The van der Waals surface area contributed by atoms with Crippen molar-refractivity contribution < 1.29 is 14.3 Å². The fourth-order valence-corrected chi connectivity index (χ4v) is 5.57. The van der Waals surface area contributed by atoms with E-state index in [4.69, 9.17) is 15.2 Å². The van der Waals surface area contributed by atoms with Gasteiger partial charge in [-0.15, -0.1) is 11.3 Å². The van der Waals surface area contributed by atoms with Gasteiger partial charge in [-0.1, -0.05) is 0 Å². The molecule has 1 unspecified atom stereocenters. The van der Waals surface area contributed by atoms with Crippen molar-refractivity contribution in [1.29, 1.82) is 0 Å². The molecule has 2 aliphatic heterocycles. The zero-order valence-electron chi connectivity index (χ0n) is 17.7. The minimum atomic E-state index is -0.173. The summed E-state index contributed by atoms with van der Waals surface area (Å²) in [6, 6.07) is 5.39. The number of pyridine rings is 1. The number of carbonyl (C=O) groups excluding carboxylic acids is 1. The number of hydrogen-bond donors (Lipinski definition) is 1. The van der Waals surface area contributed by atoms with Crippen LogP contribution in [0.3, 0.4) is 0 Å². The van der Waals surface area contributed by atoms with Crippen molar-refractivity contribution in [2.75, 3.05) is 19.4 Å². The number of anilines is 1. The first-order valence-corrected chi connectivity index (χ1v) is 11.2. The van der Waals surface area contributed by atoms with E-state index in [-0.39, 0.29) is 11.9 Å². The van der Waals surface area contributed by atoms with Crippen molar-refractivity contribution in [3.63, 3.8) is 0 Å². The van der Waals surface area contributed by atoms with Crippen molar-refractivity contribution in [3.8, 4) is 16.2 Å². The molecule has 4 aromatic rings. The van der Waals surface area contributed by atoms with Crippen molar-refractivity contribution in [2.24, 2.45) is 7.05 Å². The van der Waals surface area contributed by atoms with Crippen molar-refractivity contribution in [2.45, 2.75) is 19.3 Å². The van der Waals surface area contributed by atoms with Crippen LogP contribution < -0.4 is 10.5 Å². The van der Waals surface area contributed by atoms with Crippen LogP contribution in [0.5, 0.6) is 5.75 Å². The number of benzene rings is 1. The number of hydrogen-bond acceptors (Lipinski definition) is 7. The van der Waals surface area contributed by atoms with E-state index in [0.717, 1.165) is 43.8 Å². The fraction of sp³-hybridized carbons (Fsp3) is 0.261. The van der Waals surface area contributed by atoms with Crippen LogP contribution in [0.1, 0.15) is 33.1 Å². The third-order valence-corrected chi connectivity index (χ3v) is 7.28. The molecule has 2 aliphatic rings. The Balaban J connectivity index is 1.36. The van der Waals surface area contributed by atoms with Gasteiger partial charge in [0.15, 0.2) is 0 Å². The molecule has 9 heteroatoms. The van der Waals surface area contributed by atoms with E-state index in [9.17, 15) is 4.79 Å². The van der Waals surface area contributed by atoms with Crippen LogP contribution in [0.4, 0.5) is 5.82 Å². The molecule has 0 spiro atoms. The molecular weight excluding hydrogens is 426 g/mol. The average Bonchev–Trinajstić information content (AvgIpc) is 3.56. The third-order valence-electron chi connectivity index (χ3n) is 6.25. The molecule has 2 N–H and O–H groups in total. The first-order valence-electron chi connectivity index (χ1n) is 10.3. The highest BCUT2D eigenvalue weighted by Gasteiger charge is 2.35. The summed E-state index contributed by atoms with van der Waals surface area (Å²) in [5, 5.41) is 7.21. The van der Waals surface area contributed by atoms with Gasteiger partial charge in [0, 0.05) is 58.2 Å². The molecule has 5 heterocycles. The van der Waals surface area contributed by atoms with Gasteiger partial charge in [0.1, 0.15) is 18.2 Å². The Morgan fingerprint density at radius 3 is 2.97 bits per heavy atom. The molecule has 3 aromatic heterocycles. The second kappa shape index (κ2) is 7.04. The second-order valence-corrected chi connectivity index (χ2v) is 9.05. The number of nitrogens with zero attached hydrogens (tertiary/aromatic N) is 4. The van der Waals surface area contributed by atoms with Crippen LogP contribution in [-0.2, 0) is 25.0 Å². The van der Waals surface area contributed by atoms with Gasteiger partial charge in [0.2, 0.25) is 0 Å². The largest absolute Gasteiger partial charge is 0.490 e. The maximum Gasteiger partial charge on any atom is 0.254 e. The molecule has 8 nitrogen and oxygen atoms in total. The molecule has 1 amide bonds. The summed E-state index contributed by atoms with van der Waals surface area (Å²) in [6.45, 7) is 1.37. The van der Waals surface area contributed by atoms with Crippen molar-refractivity contribution in [1.82, 2.24) is 19.7 Å². The van der Waals surface area contributed by atoms with Crippen LogP contribution in [0, 0.1) is 0 Å². The fourth-order valence-electron chi connectivity index (χ4n) is 4.55. The van der Waals surface area contributed by atoms with E-state index in [1.165, 1.54) is 0 Å². The van der Waals surface area contributed by atoms with E-state index in [0.29, 0.717) is 31.2 Å². The summed E-state index contributed by atoms with van der Waals surface area (Å²) in [6.07, 6.45) is 3.82. The lowest BCUT2D eigenvalue weighted by Gasteiger charge is -2.24. The smallest absolute Gasteiger partial charge is 0.254 e. The number of rotatable bonds is 3. The molecular formula is C23H21N5O3S. The topological polar surface area (TPSA) is 95.5 Å². The van der Waals surface area contributed by atoms with Gasteiger partial charge in [-0.25, -0.2) is 4.98 Å². The van der Waals surface area contributed by atoms with Crippen LogP contribution in [0.25, 0.3) is 21.3 Å². The molecule has 0 saturated heterocycles. The zero-order chi connectivity index (χ0) is 22.0. The van der Waals surface area contributed by atoms with Crippen LogP contribution in [-0.4, -0.2) is 39.2 Å². The SMILES string of the molecule is CN(C(=O)c1ccc2nc(N)c3c(c2c1)COC3)C1COc2csc(-c3cnn(C)c3)c21. The maximum absolute atomic E-state index is 13.5. The summed E-state index contributed by atoms with van der Waals surface area (Å²) in [4.78, 5) is 20.8. The molecule has 1 aromatic carbocycles. The van der Waals surface area contributed by atoms with E-state index in [2.05, 4.69) is 10.1 Å². The number of aryl methyl sites for hydroxylation is 1. The molecule has 162 valence electrons. The molecule has 0 radical (unpaired) electrons. The summed E-state index contributed by atoms with van der Waals surface area (Å²) in [5.74, 6) is 1.27. The number of ether oxygens (including phenoxy) is 2. The number of likely N-dealkylation sites (N-methyl/N-ethyl adjacent to an activating group) is 1. The Kier molecular flexibility index (Phi) is 4.24. The standard InChI is InChI=1S/C23H21N5O3S/c1-27-7-13(6-25-27)21-20-18(10-31-19(20)11-32-21)28(2)23(29)12-3-4-17-14(5-12)15-8-30-9-16(15)22(24)26-17/h3-7,11,18H,8-10H2,1-2H3,(H2,24,26). The molecule has 6 rings (SSSR count). The molecule has 0 fully saturated rings. The predicted octanol–water partition coefficient (Wildman–Crippen LogP) is 3.51. The lowest BCUT2D eigenvalue weighted by atomic mass is 10.0. The first kappa shape index (κ1) is 19.3. The maximum atomic E-state index is 13.5. The van der Waals surface area contributed by atoms with Gasteiger partial charge in [0.05, 0.1) is 31.0 Å². The van der Waals surface area contributed by atoms with Gasteiger partial charge in [-0.2, -0.15) is 5.10 Å². The number of thiophene rings is 1. The van der Waals surface area contributed by atoms with Crippen LogP contribution in [0.15, 0.2) is 36.0 Å². The summed E-state index contributed by atoms with van der Waals surface area (Å²) in [5.41, 5.74) is 11.5. The molecule has 0 saturated carbocycles. The Morgan fingerprint density at radius 1 is 1.31 bits per heavy atom. The van der Waals surface area contributed by atoms with Crippen molar-refractivity contribution >= 4 is 34.0 Å². The quantitative estimate of drug-likeness (QED) is 0.516. The lowest BCUT2D eigenvalue weighted by Crippen LogP contribution is -2.32. The normalized spacial score (nSPS) is 16.8. The van der Waals surface area contributed by atoms with Gasteiger partial charge in [0.25, 0.3) is 5.91 Å². The Morgan fingerprint density at radius 2 is 2.16 bits per heavy atom. The van der Waals surface area contributed by atoms with Gasteiger partial charge in [-0.05, 0) is 23.8 Å². The number of nitrogens with two attached hydrogens (primary N) is 1. The third kappa shape index (κ3) is 2.81. The van der Waals surface area contributed by atoms with Gasteiger partial charge < -0.3 is 20.1 Å². The highest BCUT2D eigenvalue weighted by Crippen LogP contribution is 2.47. The monoisotopic (exact) mass is 447 g/mol. The number of fused-ring (bicyclic) bond motifs is 4. The summed E-state index contributed by atoms with van der Waals surface area (Å²) in [7, 11) is 3.72. The number of nitrogen functional groups attached to an aromatic ring is 1. The Bertz CT molecular complexity index is 1390. The predicted molar refractivity (Wildman–Crippen MR) is 121 cm³/mol. The van der Waals surface area contributed by atoms with E-state index in [1.54, 1.807) is 20.9 Å². The molecule has 0 bridgehead atoms. The molecule has 1 atom stereocenters. The summed E-state index contributed by atoms with van der Waals surface area (Å²) >= 11 is 1.61. The highest BCUT2D eigenvalue weighted by molar-refractivity contribution is 7.14.